The number of piperidine rings is 1. The van der Waals surface area contributed by atoms with E-state index in [0.717, 1.165) is 55.6 Å². The van der Waals surface area contributed by atoms with Crippen LogP contribution in [0.5, 0.6) is 0 Å². The fraction of sp³-hybridized carbons (Fsp3) is 0.579. The van der Waals surface area contributed by atoms with Crippen LogP contribution in [0.4, 0.5) is 0 Å². The third kappa shape index (κ3) is 2.93. The topological polar surface area (TPSA) is 61.5 Å². The zero-order valence-electron chi connectivity index (χ0n) is 14.8. The van der Waals surface area contributed by atoms with Crippen LogP contribution in [-0.4, -0.2) is 64.6 Å². The number of hydrogen-bond acceptors (Lipinski definition) is 4. The highest BCUT2D eigenvalue weighted by atomic mass is 16.5. The highest BCUT2D eigenvalue weighted by molar-refractivity contribution is 5.87. The maximum atomic E-state index is 13.2. The molecule has 25 heavy (non-hydrogen) atoms. The lowest BCUT2D eigenvalue weighted by Crippen LogP contribution is -2.60. The molecule has 0 bridgehead atoms. The first-order chi connectivity index (χ1) is 12.2. The molecular weight excluding hydrogens is 316 g/mol. The Morgan fingerprint density at radius 1 is 1.24 bits per heavy atom. The van der Waals surface area contributed by atoms with E-state index < -0.39 is 0 Å². The Morgan fingerprint density at radius 2 is 2.04 bits per heavy atom. The molecule has 2 aromatic rings. The van der Waals surface area contributed by atoms with Crippen molar-refractivity contribution >= 4 is 16.9 Å². The number of para-hydroxylation sites is 2. The SMILES string of the molecule is COCCN1CCCC2(CCCN2Cc2nc3ccccc3[nH]2)C1=O. The summed E-state index contributed by atoms with van der Waals surface area (Å²) in [5, 5.41) is 0. The number of carbonyl (C=O) groups excluding carboxylic acids is 1. The third-order valence-electron chi connectivity index (χ3n) is 5.67. The normalized spacial score (nSPS) is 24.7. The van der Waals surface area contributed by atoms with Gasteiger partial charge in [-0.15, -0.1) is 0 Å². The highest BCUT2D eigenvalue weighted by Gasteiger charge is 2.50. The summed E-state index contributed by atoms with van der Waals surface area (Å²) >= 11 is 0. The molecule has 6 nitrogen and oxygen atoms in total. The maximum absolute atomic E-state index is 13.2. The molecular formula is C19H26N4O2. The van der Waals surface area contributed by atoms with E-state index in [1.165, 1.54) is 0 Å². The summed E-state index contributed by atoms with van der Waals surface area (Å²) < 4.78 is 5.18. The number of fused-ring (bicyclic) bond motifs is 1. The average molecular weight is 342 g/mol. The van der Waals surface area contributed by atoms with E-state index in [1.807, 2.05) is 29.2 Å². The number of rotatable bonds is 5. The molecule has 1 unspecified atom stereocenters. The monoisotopic (exact) mass is 342 g/mol. The van der Waals surface area contributed by atoms with Crippen LogP contribution in [0.25, 0.3) is 11.0 Å². The van der Waals surface area contributed by atoms with Gasteiger partial charge in [0.1, 0.15) is 11.4 Å². The minimum absolute atomic E-state index is 0.282. The molecule has 2 fully saturated rings. The summed E-state index contributed by atoms with van der Waals surface area (Å²) in [4.78, 5) is 25.7. The van der Waals surface area contributed by atoms with E-state index in [9.17, 15) is 4.79 Å². The van der Waals surface area contributed by atoms with Crippen molar-refractivity contribution in [3.8, 4) is 0 Å². The van der Waals surface area contributed by atoms with E-state index in [1.54, 1.807) is 7.11 Å². The Hall–Kier alpha value is -1.92. The Morgan fingerprint density at radius 3 is 2.84 bits per heavy atom. The second kappa shape index (κ2) is 6.77. The lowest BCUT2D eigenvalue weighted by Gasteiger charge is -2.44. The molecule has 1 amide bonds. The van der Waals surface area contributed by atoms with Gasteiger partial charge in [0.15, 0.2) is 0 Å². The Kier molecular flexibility index (Phi) is 4.48. The standard InChI is InChI=1S/C19H26N4O2/c1-25-13-12-22-10-4-8-19(18(22)24)9-5-11-23(19)14-17-20-15-6-2-3-7-16(15)21-17/h2-3,6-7H,4-5,8-14H2,1H3,(H,20,21). The van der Waals surface area contributed by atoms with Crippen molar-refractivity contribution in [3.63, 3.8) is 0 Å². The van der Waals surface area contributed by atoms with E-state index in [2.05, 4.69) is 9.88 Å². The number of aromatic amines is 1. The van der Waals surface area contributed by atoms with Crippen molar-refractivity contribution in [2.24, 2.45) is 0 Å². The zero-order chi connectivity index (χ0) is 17.3. The van der Waals surface area contributed by atoms with Crippen molar-refractivity contribution < 1.29 is 9.53 Å². The first-order valence-corrected chi connectivity index (χ1v) is 9.20. The molecule has 1 N–H and O–H groups in total. The number of aromatic nitrogens is 2. The second-order valence-electron chi connectivity index (χ2n) is 7.15. The van der Waals surface area contributed by atoms with Gasteiger partial charge in [-0.2, -0.15) is 0 Å². The number of carbonyl (C=O) groups is 1. The lowest BCUT2D eigenvalue weighted by molar-refractivity contribution is -0.148. The summed E-state index contributed by atoms with van der Waals surface area (Å²) in [6, 6.07) is 8.08. The van der Waals surface area contributed by atoms with Gasteiger partial charge < -0.3 is 14.6 Å². The summed E-state index contributed by atoms with van der Waals surface area (Å²) in [5.74, 6) is 1.23. The minimum Gasteiger partial charge on any atom is -0.383 e. The van der Waals surface area contributed by atoms with Gasteiger partial charge in [0.2, 0.25) is 5.91 Å². The van der Waals surface area contributed by atoms with Crippen LogP contribution in [0.2, 0.25) is 0 Å². The van der Waals surface area contributed by atoms with E-state index in [4.69, 9.17) is 9.72 Å². The van der Waals surface area contributed by atoms with Gasteiger partial charge in [-0.25, -0.2) is 4.98 Å². The Bertz CT molecular complexity index is 726. The van der Waals surface area contributed by atoms with Gasteiger partial charge in [-0.3, -0.25) is 9.69 Å². The number of nitrogens with zero attached hydrogens (tertiary/aromatic N) is 3. The van der Waals surface area contributed by atoms with Crippen LogP contribution in [0.3, 0.4) is 0 Å². The van der Waals surface area contributed by atoms with Crippen molar-refractivity contribution in [2.75, 3.05) is 33.4 Å². The molecule has 2 aliphatic rings. The van der Waals surface area contributed by atoms with Gasteiger partial charge >= 0.3 is 0 Å². The molecule has 0 saturated carbocycles. The van der Waals surface area contributed by atoms with Crippen molar-refractivity contribution in [2.45, 2.75) is 37.8 Å². The maximum Gasteiger partial charge on any atom is 0.243 e. The minimum atomic E-state index is -0.342. The second-order valence-corrected chi connectivity index (χ2v) is 7.15. The summed E-state index contributed by atoms with van der Waals surface area (Å²) in [5.41, 5.74) is 1.70. The number of imidazole rings is 1. The molecule has 1 atom stereocenters. The van der Waals surface area contributed by atoms with E-state index in [-0.39, 0.29) is 11.4 Å². The molecule has 1 aromatic carbocycles. The van der Waals surface area contributed by atoms with Crippen LogP contribution >= 0.6 is 0 Å². The summed E-state index contributed by atoms with van der Waals surface area (Å²) in [7, 11) is 1.69. The van der Waals surface area contributed by atoms with Crippen LogP contribution in [0, 0.1) is 0 Å². The zero-order valence-corrected chi connectivity index (χ0v) is 14.8. The van der Waals surface area contributed by atoms with Crippen LogP contribution in [0.15, 0.2) is 24.3 Å². The molecule has 134 valence electrons. The summed E-state index contributed by atoms with van der Waals surface area (Å²) in [6.45, 7) is 3.81. The number of hydrogen-bond donors (Lipinski definition) is 1. The Labute approximate surface area is 148 Å². The van der Waals surface area contributed by atoms with Gasteiger partial charge in [0, 0.05) is 20.2 Å². The van der Waals surface area contributed by atoms with Crippen molar-refractivity contribution in [1.29, 1.82) is 0 Å². The van der Waals surface area contributed by atoms with Crippen LogP contribution < -0.4 is 0 Å². The van der Waals surface area contributed by atoms with Crippen molar-refractivity contribution in [3.05, 3.63) is 30.1 Å². The highest BCUT2D eigenvalue weighted by Crippen LogP contribution is 2.39. The van der Waals surface area contributed by atoms with Crippen molar-refractivity contribution in [1.82, 2.24) is 19.8 Å². The number of H-pyrrole nitrogens is 1. The predicted molar refractivity (Wildman–Crippen MR) is 96.2 cm³/mol. The molecule has 0 radical (unpaired) electrons. The quantitative estimate of drug-likeness (QED) is 0.905. The van der Waals surface area contributed by atoms with E-state index >= 15 is 0 Å². The fourth-order valence-electron chi connectivity index (χ4n) is 4.43. The molecule has 3 heterocycles. The number of likely N-dealkylation sites (tertiary alicyclic amines) is 2. The number of nitrogens with one attached hydrogen (secondary N) is 1. The van der Waals surface area contributed by atoms with Crippen LogP contribution in [0.1, 0.15) is 31.5 Å². The fourth-order valence-corrected chi connectivity index (χ4v) is 4.43. The van der Waals surface area contributed by atoms with Gasteiger partial charge in [-0.1, -0.05) is 12.1 Å². The van der Waals surface area contributed by atoms with E-state index in [0.29, 0.717) is 19.7 Å². The molecule has 1 aromatic heterocycles. The number of amides is 1. The van der Waals surface area contributed by atoms with Gasteiger partial charge in [0.25, 0.3) is 0 Å². The largest absolute Gasteiger partial charge is 0.383 e. The van der Waals surface area contributed by atoms with Gasteiger partial charge in [0.05, 0.1) is 24.2 Å². The first-order valence-electron chi connectivity index (χ1n) is 9.20. The lowest BCUT2D eigenvalue weighted by atomic mass is 9.85. The molecule has 1 spiro atoms. The summed E-state index contributed by atoms with van der Waals surface area (Å²) in [6.07, 6.45) is 4.04. The first kappa shape index (κ1) is 16.5. The number of methoxy groups -OCH3 is 1. The molecule has 6 heteroatoms. The predicted octanol–water partition coefficient (Wildman–Crippen LogP) is 2.17. The number of benzene rings is 1. The average Bonchev–Trinajstić information content (AvgIpc) is 3.21. The Balaban J connectivity index is 1.55. The van der Waals surface area contributed by atoms with Crippen LogP contribution in [-0.2, 0) is 16.1 Å². The third-order valence-corrected chi connectivity index (χ3v) is 5.67. The molecule has 0 aliphatic carbocycles. The smallest absolute Gasteiger partial charge is 0.243 e. The number of ether oxygens (including phenoxy) is 1. The molecule has 2 aliphatic heterocycles. The molecule has 2 saturated heterocycles. The van der Waals surface area contributed by atoms with Gasteiger partial charge in [-0.05, 0) is 44.4 Å². The molecule has 4 rings (SSSR count).